The van der Waals surface area contributed by atoms with Gasteiger partial charge in [0.2, 0.25) is 0 Å². The lowest BCUT2D eigenvalue weighted by molar-refractivity contribution is 0.00578. The van der Waals surface area contributed by atoms with E-state index in [1.807, 2.05) is 34.6 Å². The smallest absolute Gasteiger partial charge is 0.492 e. The summed E-state index contributed by atoms with van der Waals surface area (Å²) >= 11 is 6.10. The minimum Gasteiger partial charge on any atom is -0.492 e. The van der Waals surface area contributed by atoms with E-state index in [2.05, 4.69) is 0 Å². The fourth-order valence-electron chi connectivity index (χ4n) is 2.09. The molecule has 0 aliphatic carbocycles. The van der Waals surface area contributed by atoms with Crippen LogP contribution in [0.15, 0.2) is 12.1 Å². The summed E-state index contributed by atoms with van der Waals surface area (Å²) in [7, 11) is -0.539. The van der Waals surface area contributed by atoms with E-state index in [1.54, 1.807) is 12.1 Å². The van der Waals surface area contributed by atoms with Gasteiger partial charge in [-0.15, -0.1) is 0 Å². The Labute approximate surface area is 125 Å². The molecule has 1 aromatic rings. The van der Waals surface area contributed by atoms with Crippen LogP contribution in [-0.4, -0.2) is 24.9 Å². The number of benzene rings is 1. The first-order chi connectivity index (χ1) is 9.18. The lowest BCUT2D eigenvalue weighted by Gasteiger charge is -2.32. The van der Waals surface area contributed by atoms with Gasteiger partial charge in [-0.05, 0) is 46.8 Å². The minimum absolute atomic E-state index is 0.418. The van der Waals surface area contributed by atoms with Crippen molar-refractivity contribution in [3.05, 3.63) is 17.2 Å². The first kappa shape index (κ1) is 15.5. The summed E-state index contributed by atoms with van der Waals surface area (Å²) in [4.78, 5) is 0. The molecule has 4 nitrogen and oxygen atoms in total. The number of rotatable bonds is 3. The second kappa shape index (κ2) is 5.13. The predicted molar refractivity (Wildman–Crippen MR) is 82.7 cm³/mol. The topological polar surface area (TPSA) is 53.7 Å². The minimum atomic E-state index is -0.539. The zero-order chi connectivity index (χ0) is 15.1. The van der Waals surface area contributed by atoms with Gasteiger partial charge in [0.15, 0.2) is 0 Å². The molecule has 1 aliphatic heterocycles. The molecule has 6 heteroatoms. The first-order valence-corrected chi connectivity index (χ1v) is 7.13. The van der Waals surface area contributed by atoms with Gasteiger partial charge in [0.1, 0.15) is 5.75 Å². The second-order valence-corrected chi connectivity index (χ2v) is 6.37. The highest BCUT2D eigenvalue weighted by molar-refractivity contribution is 6.63. The van der Waals surface area contributed by atoms with Crippen LogP contribution < -0.4 is 15.9 Å². The lowest BCUT2D eigenvalue weighted by Crippen LogP contribution is -2.41. The lowest BCUT2D eigenvalue weighted by atomic mass is 9.78. The summed E-state index contributed by atoms with van der Waals surface area (Å²) in [5.74, 6) is 0.579. The summed E-state index contributed by atoms with van der Waals surface area (Å²) in [6, 6.07) is 3.45. The van der Waals surface area contributed by atoms with Crippen LogP contribution >= 0.6 is 11.6 Å². The van der Waals surface area contributed by atoms with Crippen LogP contribution in [0.5, 0.6) is 5.75 Å². The van der Waals surface area contributed by atoms with Crippen molar-refractivity contribution >= 4 is 29.9 Å². The third kappa shape index (κ3) is 2.62. The third-order valence-electron chi connectivity index (χ3n) is 3.91. The molecule has 0 spiro atoms. The van der Waals surface area contributed by atoms with Crippen molar-refractivity contribution in [1.82, 2.24) is 0 Å². The van der Waals surface area contributed by atoms with Crippen molar-refractivity contribution in [2.45, 2.75) is 45.8 Å². The van der Waals surface area contributed by atoms with Gasteiger partial charge in [-0.3, -0.25) is 0 Å². The summed E-state index contributed by atoms with van der Waals surface area (Å²) in [6.45, 7) is 10.4. The molecule has 0 atom stereocenters. The Kier molecular flexibility index (Phi) is 3.97. The largest absolute Gasteiger partial charge is 0.498 e. The average molecular weight is 298 g/mol. The van der Waals surface area contributed by atoms with Crippen molar-refractivity contribution < 1.29 is 14.0 Å². The molecule has 110 valence electrons. The normalized spacial score (nSPS) is 20.2. The Balaban J connectivity index is 2.44. The zero-order valence-electron chi connectivity index (χ0n) is 12.6. The summed E-state index contributed by atoms with van der Waals surface area (Å²) in [5, 5.41) is 0.538. The van der Waals surface area contributed by atoms with E-state index in [9.17, 15) is 0 Å². The van der Waals surface area contributed by atoms with Gasteiger partial charge >= 0.3 is 7.12 Å². The van der Waals surface area contributed by atoms with Gasteiger partial charge in [0.05, 0.1) is 23.5 Å². The van der Waals surface area contributed by atoms with E-state index >= 15 is 0 Å². The highest BCUT2D eigenvalue weighted by Gasteiger charge is 2.52. The molecule has 0 saturated carbocycles. The molecule has 1 saturated heterocycles. The molecule has 0 unspecified atom stereocenters. The average Bonchev–Trinajstić information content (AvgIpc) is 2.51. The van der Waals surface area contributed by atoms with Crippen molar-refractivity contribution in [3.8, 4) is 5.75 Å². The first-order valence-electron chi connectivity index (χ1n) is 6.75. The van der Waals surface area contributed by atoms with Crippen molar-refractivity contribution in [3.63, 3.8) is 0 Å². The van der Waals surface area contributed by atoms with Gasteiger partial charge in [-0.1, -0.05) is 11.6 Å². The summed E-state index contributed by atoms with van der Waals surface area (Å²) in [6.07, 6.45) is 0. The zero-order valence-corrected chi connectivity index (χ0v) is 13.4. The molecule has 2 N–H and O–H groups in total. The Hall–Kier alpha value is -0.905. The standard InChI is InChI=1S/C14H21BClNO3/c1-6-18-12-10(7-9(16)8-11(12)17)15-19-13(2,3)14(4,5)20-15/h7-8H,6,17H2,1-5H3. The summed E-state index contributed by atoms with van der Waals surface area (Å²) < 4.78 is 17.7. The Bertz CT molecular complexity index is 503. The van der Waals surface area contributed by atoms with Crippen molar-refractivity contribution in [2.75, 3.05) is 12.3 Å². The van der Waals surface area contributed by atoms with Gasteiger partial charge in [-0.2, -0.15) is 0 Å². The van der Waals surface area contributed by atoms with Crippen LogP contribution in [0, 0.1) is 0 Å². The molecular weight excluding hydrogens is 276 g/mol. The van der Waals surface area contributed by atoms with E-state index in [0.29, 0.717) is 23.1 Å². The Morgan fingerprint density at radius 1 is 1.20 bits per heavy atom. The third-order valence-corrected chi connectivity index (χ3v) is 4.13. The van der Waals surface area contributed by atoms with E-state index in [4.69, 9.17) is 31.4 Å². The van der Waals surface area contributed by atoms with Crippen molar-refractivity contribution in [2.24, 2.45) is 0 Å². The van der Waals surface area contributed by atoms with Crippen LogP contribution in [0.4, 0.5) is 5.69 Å². The maximum Gasteiger partial charge on any atom is 0.498 e. The van der Waals surface area contributed by atoms with Crippen LogP contribution in [0.2, 0.25) is 5.02 Å². The van der Waals surface area contributed by atoms with E-state index < -0.39 is 18.3 Å². The molecular formula is C14H21BClNO3. The van der Waals surface area contributed by atoms with Gasteiger partial charge in [0, 0.05) is 10.5 Å². The molecule has 0 radical (unpaired) electrons. The monoisotopic (exact) mass is 297 g/mol. The number of hydrogen-bond donors (Lipinski definition) is 1. The molecule has 0 bridgehead atoms. The Morgan fingerprint density at radius 2 is 1.75 bits per heavy atom. The van der Waals surface area contributed by atoms with Crippen LogP contribution in [-0.2, 0) is 9.31 Å². The quantitative estimate of drug-likeness (QED) is 0.688. The molecule has 2 rings (SSSR count). The molecule has 0 aromatic heterocycles. The number of nitrogens with two attached hydrogens (primary N) is 1. The van der Waals surface area contributed by atoms with Gasteiger partial charge in [-0.25, -0.2) is 0 Å². The molecule has 0 amide bonds. The highest BCUT2D eigenvalue weighted by atomic mass is 35.5. The van der Waals surface area contributed by atoms with Gasteiger partial charge in [0.25, 0.3) is 0 Å². The van der Waals surface area contributed by atoms with E-state index in [0.717, 1.165) is 5.46 Å². The fourth-order valence-corrected chi connectivity index (χ4v) is 2.33. The number of hydrogen-bond acceptors (Lipinski definition) is 4. The Morgan fingerprint density at radius 3 is 2.25 bits per heavy atom. The van der Waals surface area contributed by atoms with Crippen molar-refractivity contribution in [1.29, 1.82) is 0 Å². The maximum absolute atomic E-state index is 6.10. The van der Waals surface area contributed by atoms with Gasteiger partial charge < -0.3 is 19.8 Å². The van der Waals surface area contributed by atoms with E-state index in [1.165, 1.54) is 0 Å². The van der Waals surface area contributed by atoms with E-state index in [-0.39, 0.29) is 0 Å². The SMILES string of the molecule is CCOc1c(N)cc(Cl)cc1B1OC(C)(C)C(C)(C)O1. The number of anilines is 1. The van der Waals surface area contributed by atoms with Crippen LogP contribution in [0.1, 0.15) is 34.6 Å². The molecule has 1 aliphatic rings. The fraction of sp³-hybridized carbons (Fsp3) is 0.571. The number of ether oxygens (including phenoxy) is 1. The van der Waals surface area contributed by atoms with Crippen LogP contribution in [0.25, 0.3) is 0 Å². The predicted octanol–water partition coefficient (Wildman–Crippen LogP) is 2.62. The molecule has 1 aromatic carbocycles. The maximum atomic E-state index is 6.10. The highest BCUT2D eigenvalue weighted by Crippen LogP contribution is 2.38. The number of halogens is 1. The molecule has 1 fully saturated rings. The summed E-state index contributed by atoms with van der Waals surface area (Å²) in [5.41, 5.74) is 6.38. The van der Waals surface area contributed by atoms with Crippen LogP contribution in [0.3, 0.4) is 0 Å². The number of nitrogen functional groups attached to an aromatic ring is 1. The molecule has 20 heavy (non-hydrogen) atoms. The second-order valence-electron chi connectivity index (χ2n) is 5.93. The molecule has 1 heterocycles.